The van der Waals surface area contributed by atoms with E-state index < -0.39 is 30.3 Å². The van der Waals surface area contributed by atoms with Gasteiger partial charge in [-0.3, -0.25) is 4.57 Å². The third-order valence-electron chi connectivity index (χ3n) is 6.06. The molecule has 2 aromatic carbocycles. The molecule has 3 N–H and O–H groups in total. The molecule has 3 aromatic rings. The van der Waals surface area contributed by atoms with Gasteiger partial charge in [0, 0.05) is 18.5 Å². The molecule has 2 aliphatic rings. The summed E-state index contributed by atoms with van der Waals surface area (Å²) in [6, 6.07) is 17.6. The fraction of sp³-hybridized carbons (Fsp3) is 0.292. The standard InChI is InChI=1S/C24H23N3O6/c25-21-9-10-27(23(29)26-21)22-11-19(28)20(33-22)13-32-24(30)31-12-18-16-7-3-1-5-14(16)15-6-2-4-8-17(15)18/h1-10,18-20,22,28H,11-13H2,(H2,25,26,29)/t19-,20+,22+/m0/s1. The largest absolute Gasteiger partial charge is 0.508 e. The molecule has 33 heavy (non-hydrogen) atoms. The van der Waals surface area contributed by atoms with Crippen LogP contribution in [0.4, 0.5) is 10.6 Å². The molecule has 1 aliphatic heterocycles. The zero-order chi connectivity index (χ0) is 22.9. The Morgan fingerprint density at radius 1 is 1.06 bits per heavy atom. The van der Waals surface area contributed by atoms with Crippen LogP contribution in [0.15, 0.2) is 65.6 Å². The molecule has 0 spiro atoms. The highest BCUT2D eigenvalue weighted by Gasteiger charge is 2.37. The number of hydrogen-bond donors (Lipinski definition) is 2. The number of nitrogen functional groups attached to an aromatic ring is 1. The average Bonchev–Trinajstić information content (AvgIpc) is 3.34. The van der Waals surface area contributed by atoms with Crippen LogP contribution in [0, 0.1) is 0 Å². The number of carbonyl (C=O) groups excluding carboxylic acids is 1. The Morgan fingerprint density at radius 3 is 2.36 bits per heavy atom. The maximum atomic E-state index is 12.3. The Hall–Kier alpha value is -3.69. The molecule has 5 rings (SSSR count). The molecule has 1 saturated heterocycles. The number of anilines is 1. The number of fused-ring (bicyclic) bond motifs is 3. The Bertz CT molecular complexity index is 1200. The van der Waals surface area contributed by atoms with Crippen molar-refractivity contribution < 1.29 is 24.1 Å². The molecule has 1 aromatic heterocycles. The van der Waals surface area contributed by atoms with Gasteiger partial charge in [0.15, 0.2) is 0 Å². The number of ether oxygens (including phenoxy) is 3. The zero-order valence-corrected chi connectivity index (χ0v) is 17.7. The van der Waals surface area contributed by atoms with E-state index in [0.29, 0.717) is 0 Å². The van der Waals surface area contributed by atoms with Crippen LogP contribution in [0.5, 0.6) is 0 Å². The van der Waals surface area contributed by atoms with Gasteiger partial charge in [0.05, 0.1) is 6.10 Å². The van der Waals surface area contributed by atoms with Crippen molar-refractivity contribution >= 4 is 12.0 Å². The first-order chi connectivity index (χ1) is 16.0. The van der Waals surface area contributed by atoms with Crippen molar-refractivity contribution in [2.75, 3.05) is 18.9 Å². The van der Waals surface area contributed by atoms with Gasteiger partial charge in [0.1, 0.15) is 31.4 Å². The molecular formula is C24H23N3O6. The van der Waals surface area contributed by atoms with Gasteiger partial charge in [0.2, 0.25) is 0 Å². The van der Waals surface area contributed by atoms with Gasteiger partial charge in [-0.15, -0.1) is 0 Å². The Balaban J connectivity index is 1.18. The lowest BCUT2D eigenvalue weighted by Gasteiger charge is -2.17. The quantitative estimate of drug-likeness (QED) is 0.569. The maximum Gasteiger partial charge on any atom is 0.508 e. The molecule has 1 fully saturated rings. The molecule has 170 valence electrons. The second-order valence-electron chi connectivity index (χ2n) is 8.07. The lowest BCUT2D eigenvalue weighted by Crippen LogP contribution is -2.29. The van der Waals surface area contributed by atoms with Crippen LogP contribution >= 0.6 is 0 Å². The maximum absolute atomic E-state index is 12.3. The predicted molar refractivity (Wildman–Crippen MR) is 118 cm³/mol. The van der Waals surface area contributed by atoms with E-state index in [1.165, 1.54) is 16.8 Å². The summed E-state index contributed by atoms with van der Waals surface area (Å²) < 4.78 is 17.5. The SMILES string of the molecule is Nc1ccn([C@H]2C[C@H](O)[C@@H](COC(=O)OCC3c4ccccc4-c4ccccc43)O2)c(=O)n1. The Morgan fingerprint density at radius 2 is 1.70 bits per heavy atom. The van der Waals surface area contributed by atoms with Gasteiger partial charge in [-0.2, -0.15) is 4.98 Å². The lowest BCUT2D eigenvalue weighted by molar-refractivity contribution is -0.0589. The second-order valence-corrected chi connectivity index (χ2v) is 8.07. The highest BCUT2D eigenvalue weighted by Crippen LogP contribution is 2.44. The van der Waals surface area contributed by atoms with Crippen molar-refractivity contribution in [1.29, 1.82) is 0 Å². The van der Waals surface area contributed by atoms with Gasteiger partial charge in [-0.05, 0) is 28.3 Å². The van der Waals surface area contributed by atoms with E-state index in [2.05, 4.69) is 17.1 Å². The Labute approximate surface area is 189 Å². The van der Waals surface area contributed by atoms with Crippen LogP contribution in [0.2, 0.25) is 0 Å². The number of carbonyl (C=O) groups is 1. The van der Waals surface area contributed by atoms with Crippen LogP contribution in [-0.4, -0.2) is 46.2 Å². The molecule has 0 saturated carbocycles. The van der Waals surface area contributed by atoms with Gasteiger partial charge in [-0.1, -0.05) is 48.5 Å². The van der Waals surface area contributed by atoms with E-state index in [-0.39, 0.29) is 31.4 Å². The van der Waals surface area contributed by atoms with Crippen LogP contribution in [0.3, 0.4) is 0 Å². The van der Waals surface area contributed by atoms with E-state index in [9.17, 15) is 14.7 Å². The molecule has 0 bridgehead atoms. The summed E-state index contributed by atoms with van der Waals surface area (Å²) in [5.41, 5.74) is 9.40. The first-order valence-corrected chi connectivity index (χ1v) is 10.7. The second kappa shape index (κ2) is 8.68. The number of nitrogens with two attached hydrogens (primary N) is 1. The normalized spacial score (nSPS) is 21.4. The van der Waals surface area contributed by atoms with E-state index >= 15 is 0 Å². The van der Waals surface area contributed by atoms with Crippen molar-refractivity contribution in [3.05, 3.63) is 82.4 Å². The van der Waals surface area contributed by atoms with Crippen LogP contribution in [-0.2, 0) is 14.2 Å². The molecule has 0 amide bonds. The van der Waals surface area contributed by atoms with E-state index in [1.54, 1.807) is 0 Å². The van der Waals surface area contributed by atoms with Crippen LogP contribution in [0.1, 0.15) is 29.7 Å². The number of aliphatic hydroxyl groups is 1. The fourth-order valence-corrected chi connectivity index (χ4v) is 4.46. The van der Waals surface area contributed by atoms with Gasteiger partial charge >= 0.3 is 11.8 Å². The summed E-state index contributed by atoms with van der Waals surface area (Å²) in [6.07, 6.45) is -1.67. The predicted octanol–water partition coefficient (Wildman–Crippen LogP) is 2.44. The number of nitrogens with zero attached hydrogens (tertiary/aromatic N) is 2. The fourth-order valence-electron chi connectivity index (χ4n) is 4.46. The minimum atomic E-state index is -0.916. The highest BCUT2D eigenvalue weighted by atomic mass is 16.7. The van der Waals surface area contributed by atoms with Crippen molar-refractivity contribution in [3.63, 3.8) is 0 Å². The Kier molecular flexibility index (Phi) is 5.57. The first-order valence-electron chi connectivity index (χ1n) is 10.7. The molecule has 9 heteroatoms. The summed E-state index contributed by atoms with van der Waals surface area (Å²) in [4.78, 5) is 27.9. The summed E-state index contributed by atoms with van der Waals surface area (Å²) in [7, 11) is 0. The smallest absolute Gasteiger partial charge is 0.433 e. The molecular weight excluding hydrogens is 426 g/mol. The number of hydrogen-bond acceptors (Lipinski definition) is 8. The summed E-state index contributed by atoms with van der Waals surface area (Å²) in [5.74, 6) is 0.0254. The monoisotopic (exact) mass is 449 g/mol. The van der Waals surface area contributed by atoms with Crippen LogP contribution in [0.25, 0.3) is 11.1 Å². The zero-order valence-electron chi connectivity index (χ0n) is 17.7. The molecule has 2 heterocycles. The lowest BCUT2D eigenvalue weighted by atomic mass is 9.98. The minimum absolute atomic E-state index is 0.0763. The summed E-state index contributed by atoms with van der Waals surface area (Å²) in [5, 5.41) is 10.3. The summed E-state index contributed by atoms with van der Waals surface area (Å²) >= 11 is 0. The van der Waals surface area contributed by atoms with Gasteiger partial charge in [0.25, 0.3) is 0 Å². The molecule has 0 radical (unpaired) electrons. The van der Waals surface area contributed by atoms with Gasteiger partial charge in [-0.25, -0.2) is 9.59 Å². The third-order valence-corrected chi connectivity index (χ3v) is 6.06. The van der Waals surface area contributed by atoms with E-state index in [4.69, 9.17) is 19.9 Å². The molecule has 0 unspecified atom stereocenters. The molecule has 9 nitrogen and oxygen atoms in total. The topological polar surface area (TPSA) is 126 Å². The highest BCUT2D eigenvalue weighted by molar-refractivity contribution is 5.78. The number of aromatic nitrogens is 2. The number of aliphatic hydroxyl groups excluding tert-OH is 1. The van der Waals surface area contributed by atoms with E-state index in [0.717, 1.165) is 22.3 Å². The van der Waals surface area contributed by atoms with Gasteiger partial charge < -0.3 is 25.1 Å². The molecule has 3 atom stereocenters. The van der Waals surface area contributed by atoms with Crippen molar-refractivity contribution in [2.45, 2.75) is 30.8 Å². The van der Waals surface area contributed by atoms with Crippen molar-refractivity contribution in [1.82, 2.24) is 9.55 Å². The van der Waals surface area contributed by atoms with Crippen molar-refractivity contribution in [3.8, 4) is 11.1 Å². The number of benzene rings is 2. The summed E-state index contributed by atoms with van der Waals surface area (Å²) in [6.45, 7) is -0.0679. The minimum Gasteiger partial charge on any atom is -0.433 e. The molecule has 1 aliphatic carbocycles. The first kappa shape index (κ1) is 21.2. The average molecular weight is 449 g/mol. The third kappa shape index (κ3) is 4.08. The van der Waals surface area contributed by atoms with E-state index in [1.807, 2.05) is 36.4 Å². The number of rotatable bonds is 5. The van der Waals surface area contributed by atoms with Crippen molar-refractivity contribution in [2.24, 2.45) is 0 Å². The van der Waals surface area contributed by atoms with Crippen LogP contribution < -0.4 is 11.4 Å².